The van der Waals surface area contributed by atoms with Crippen molar-refractivity contribution >= 4 is 78.3 Å². The lowest BCUT2D eigenvalue weighted by atomic mass is 9.46. The number of rotatable bonds is 19. The van der Waals surface area contributed by atoms with E-state index in [1.54, 1.807) is 0 Å². The third-order valence-electron chi connectivity index (χ3n) is 32.3. The molecule has 13 amide bonds. The Labute approximate surface area is 805 Å². The van der Waals surface area contributed by atoms with Crippen LogP contribution in [0.5, 0.6) is 0 Å². The molecule has 0 unspecified atom stereocenters. The van der Waals surface area contributed by atoms with E-state index in [-0.39, 0.29) is 81.6 Å². The van der Waals surface area contributed by atoms with Crippen LogP contribution in [0.3, 0.4) is 0 Å². The molecule has 7 saturated carbocycles. The first-order valence-electron chi connectivity index (χ1n) is 53.0. The van der Waals surface area contributed by atoms with Gasteiger partial charge in [-0.05, 0) is 336 Å². The molecule has 15 fully saturated rings. The quantitative estimate of drug-likeness (QED) is 0.108. The number of amides is 13. The molecule has 7 aliphatic carbocycles. The second-order valence-corrected chi connectivity index (χ2v) is 43.4. The predicted octanol–water partition coefficient (Wildman–Crippen LogP) is 24.3. The second-order valence-electron chi connectivity index (χ2n) is 43.4. The minimum absolute atomic E-state index is 0.0775. The van der Waals surface area contributed by atoms with Gasteiger partial charge in [-0.3, -0.25) is 24.0 Å². The van der Waals surface area contributed by atoms with Crippen molar-refractivity contribution in [3.8, 4) is 0 Å². The van der Waals surface area contributed by atoms with Crippen molar-refractivity contribution in [3.05, 3.63) is 0 Å². The van der Waals surface area contributed by atoms with Gasteiger partial charge in [0.15, 0.2) is 0 Å². The van der Waals surface area contributed by atoms with Gasteiger partial charge in [-0.1, -0.05) is 101 Å². The minimum atomic E-state index is -0.528. The van der Waals surface area contributed by atoms with Crippen molar-refractivity contribution in [2.45, 2.75) is 485 Å². The van der Waals surface area contributed by atoms with E-state index in [2.05, 4.69) is 62.3 Å². The highest BCUT2D eigenvalue weighted by Gasteiger charge is 2.59. The first-order chi connectivity index (χ1) is 63.4. The molecule has 0 aromatic rings. The third-order valence-corrected chi connectivity index (χ3v) is 32.3. The highest BCUT2D eigenvalue weighted by molar-refractivity contribution is 5.96. The van der Waals surface area contributed by atoms with Gasteiger partial charge in [0.1, 0.15) is 44.8 Å². The molecular formula is C105H180N8O21. The number of piperidine rings is 3. The number of carbonyl (C=O) groups excluding carboxylic acids is 13. The van der Waals surface area contributed by atoms with Crippen LogP contribution in [0.15, 0.2) is 0 Å². The number of hydrogen-bond donors (Lipinski definition) is 0. The topological polar surface area (TPSA) is 322 Å². The van der Waals surface area contributed by atoms with E-state index in [0.717, 1.165) is 218 Å². The van der Waals surface area contributed by atoms with Gasteiger partial charge >= 0.3 is 48.7 Å². The van der Waals surface area contributed by atoms with Gasteiger partial charge in [0.05, 0.1) is 0 Å². The first-order valence-corrected chi connectivity index (χ1v) is 53.0. The maximum Gasteiger partial charge on any atom is 0.417 e. The van der Waals surface area contributed by atoms with Crippen molar-refractivity contribution in [1.29, 1.82) is 0 Å². The normalized spacial score (nSPS) is 23.6. The van der Waals surface area contributed by atoms with E-state index in [0.29, 0.717) is 70.7 Å². The Kier molecular flexibility index (Phi) is 44.9. The smallest absolute Gasteiger partial charge is 0.417 e. The van der Waals surface area contributed by atoms with E-state index in [4.69, 9.17) is 37.9 Å². The molecule has 0 N–H and O–H groups in total. The average Bonchev–Trinajstić information content (AvgIpc) is 1.06. The van der Waals surface area contributed by atoms with Gasteiger partial charge in [0, 0.05) is 110 Å². The summed E-state index contributed by atoms with van der Waals surface area (Å²) in [6.07, 6.45) is 45.9. The van der Waals surface area contributed by atoms with Crippen molar-refractivity contribution in [3.63, 3.8) is 0 Å². The van der Waals surface area contributed by atoms with Crippen LogP contribution < -0.4 is 0 Å². The van der Waals surface area contributed by atoms with Gasteiger partial charge in [-0.15, -0.1) is 0 Å². The third kappa shape index (κ3) is 33.4. The van der Waals surface area contributed by atoms with Gasteiger partial charge in [-0.25, -0.2) is 62.9 Å². The Bertz CT molecular complexity index is 3710. The molecule has 8 aliphatic heterocycles. The summed E-state index contributed by atoms with van der Waals surface area (Å²) in [6.45, 7) is 45.9. The first kappa shape index (κ1) is 113. The summed E-state index contributed by atoms with van der Waals surface area (Å²) in [5.74, 6) is 2.74. The number of carbonyl (C=O) groups is 13. The maximum absolute atomic E-state index is 12.4. The zero-order valence-electron chi connectivity index (χ0n) is 86.8. The van der Waals surface area contributed by atoms with E-state index >= 15 is 0 Å². The van der Waals surface area contributed by atoms with Crippen LogP contribution >= 0.6 is 0 Å². The van der Waals surface area contributed by atoms with Crippen molar-refractivity contribution in [2.24, 2.45) is 35.0 Å². The predicted molar refractivity (Wildman–Crippen MR) is 516 cm³/mol. The molecule has 8 saturated heterocycles. The lowest BCUT2D eigenvalue weighted by Crippen LogP contribution is -2.58. The number of likely N-dealkylation sites (tertiary alicyclic amines) is 8. The fourth-order valence-corrected chi connectivity index (χ4v) is 21.7. The molecule has 766 valence electrons. The summed E-state index contributed by atoms with van der Waals surface area (Å²) in [5, 5.41) is 0. The molecule has 0 radical (unpaired) electrons. The van der Waals surface area contributed by atoms with Crippen LogP contribution in [0, 0.1) is 35.0 Å². The second kappa shape index (κ2) is 53.1. The highest BCUT2D eigenvalue weighted by Crippen LogP contribution is 2.64. The Morgan fingerprint density at radius 1 is 0.328 bits per heavy atom. The lowest BCUT2D eigenvalue weighted by Gasteiger charge is -2.61. The minimum Gasteiger partial charge on any atom is -0.443 e. The number of imide groups is 5. The van der Waals surface area contributed by atoms with Gasteiger partial charge in [-0.2, -0.15) is 0 Å². The SMILES string of the molecule is CC(C)(OC(=O)N1CCCC1=O)C12CC3CC(CC(C3)C1)C2.CC(C)(OC(=O)N1CCCCC1)C1CCCCC1.CC(C)C(C)(C)OC(=O)N1CCCC1=O.CC1(OC(=O)N2CCCCC2)CCCCC1.CCC(C)(C)OC(=O)N1CCCC1=O.CCC(CC)(CC)OC(=O)N1CCCC1=O.CCC(CC)(CC)OC(=O)N1CCCCC1.CCC1(OC(=O)N2CCCC2=O)CCCCC1. The molecule has 4 bridgehead atoms. The van der Waals surface area contributed by atoms with Gasteiger partial charge < -0.3 is 52.6 Å². The summed E-state index contributed by atoms with van der Waals surface area (Å²) in [6, 6.07) is 0. The Morgan fingerprint density at radius 2 is 0.634 bits per heavy atom. The summed E-state index contributed by atoms with van der Waals surface area (Å²) in [4.78, 5) is 165. The fraction of sp³-hybridized carbons (Fsp3) is 0.876. The Hall–Kier alpha value is -7.49. The van der Waals surface area contributed by atoms with Crippen LogP contribution in [0.2, 0.25) is 0 Å². The standard InChI is InChI=1S/C18H27NO3.C15H27NO2.C13H21NO3.C13H23NO2.C13H25NO2.C12H21NO3.C11H19NO3.C10H17NO3/c1-17(2,22-16(21)19-5-3-4-15(19)20)18-9-12-6-13(10-18)8-14(7-12)11-18;1-15(2,13-9-5-3-6-10-13)18-14(17)16-11-7-4-8-12-16;1-2-13(8-4-3-5-9-13)17-12(16)14-10-6-7-11(14)15;1-13(8-4-2-5-9-13)16-12(15)14-10-6-3-7-11-14;1-4-13(5-2,6-3)16-12(15)14-10-8-7-9-11-14;1-4-12(5-2,6-3)16-11(15)13-9-7-8-10(13)14;1-8(2)11(3,4)15-10(14)12-7-5-6-9(12)13;1-4-10(2,3)14-9(13)11-7-5-6-8(11)12/h12-14H,3-11H2,1-2H3;13H,3-12H2,1-2H3;2-10H2,1H3;2-11H2,1H3;4-11H2,1-3H3;4-9H2,1-3H3;8H,5-7H2,1-4H3;4-7H2,1-3H3. The molecule has 0 aromatic carbocycles. The van der Waals surface area contributed by atoms with E-state index in [1.807, 2.05) is 83.9 Å². The number of hydrogen-bond acceptors (Lipinski definition) is 21. The highest BCUT2D eigenvalue weighted by atomic mass is 16.6. The molecule has 8 heterocycles. The average molecular weight is 1890 g/mol. The van der Waals surface area contributed by atoms with Gasteiger partial charge in [0.25, 0.3) is 0 Å². The molecule has 29 heteroatoms. The van der Waals surface area contributed by atoms with E-state index in [9.17, 15) is 62.3 Å². The lowest BCUT2D eigenvalue weighted by molar-refractivity contribution is -0.167. The largest absolute Gasteiger partial charge is 0.443 e. The zero-order chi connectivity index (χ0) is 98.9. The Balaban J connectivity index is 0.000000210. The van der Waals surface area contributed by atoms with Crippen LogP contribution in [0.25, 0.3) is 0 Å². The van der Waals surface area contributed by atoms with Crippen molar-refractivity contribution in [1.82, 2.24) is 39.2 Å². The summed E-state index contributed by atoms with van der Waals surface area (Å²) in [5.41, 5.74) is -2.78. The number of ether oxygens (including phenoxy) is 8. The summed E-state index contributed by atoms with van der Waals surface area (Å²) in [7, 11) is 0. The van der Waals surface area contributed by atoms with E-state index in [1.165, 1.54) is 140 Å². The van der Waals surface area contributed by atoms with Crippen LogP contribution in [0.1, 0.15) is 440 Å². The molecule has 0 aromatic heterocycles. The van der Waals surface area contributed by atoms with Crippen LogP contribution in [-0.4, -0.2) is 234 Å². The molecule has 15 rings (SSSR count). The van der Waals surface area contributed by atoms with Crippen LogP contribution in [0.4, 0.5) is 38.4 Å². The monoisotopic (exact) mass is 1890 g/mol. The number of nitrogens with zero attached hydrogens (tertiary/aromatic N) is 8. The maximum atomic E-state index is 12.4. The molecule has 134 heavy (non-hydrogen) atoms. The summed E-state index contributed by atoms with van der Waals surface area (Å²) < 4.78 is 44.8. The molecule has 15 aliphatic rings. The molecule has 0 spiro atoms. The summed E-state index contributed by atoms with van der Waals surface area (Å²) >= 11 is 0. The van der Waals surface area contributed by atoms with Crippen molar-refractivity contribution < 1.29 is 100 Å². The van der Waals surface area contributed by atoms with Gasteiger partial charge in [0.2, 0.25) is 29.5 Å². The Morgan fingerprint density at radius 3 is 0.970 bits per heavy atom. The van der Waals surface area contributed by atoms with E-state index < -0.39 is 52.9 Å². The van der Waals surface area contributed by atoms with Crippen molar-refractivity contribution in [2.75, 3.05) is 72.0 Å². The molecule has 0 atom stereocenters. The fourth-order valence-electron chi connectivity index (χ4n) is 21.7. The molecule has 29 nitrogen and oxygen atoms in total. The molecular weight excluding hydrogens is 1710 g/mol. The van der Waals surface area contributed by atoms with Crippen LogP contribution in [-0.2, 0) is 61.9 Å². The zero-order valence-corrected chi connectivity index (χ0v) is 86.8.